The first kappa shape index (κ1) is 16.8. The van der Waals surface area contributed by atoms with Crippen molar-refractivity contribution in [3.8, 4) is 6.07 Å². The highest BCUT2D eigenvalue weighted by atomic mass is 16.2. The van der Waals surface area contributed by atoms with E-state index in [0.29, 0.717) is 19.5 Å². The Balaban J connectivity index is 1.55. The van der Waals surface area contributed by atoms with Crippen LogP contribution >= 0.6 is 0 Å². The highest BCUT2D eigenvalue weighted by Crippen LogP contribution is 2.60. The fourth-order valence-electron chi connectivity index (χ4n) is 4.52. The third-order valence-electron chi connectivity index (χ3n) is 5.88. The maximum Gasteiger partial charge on any atom is 0.227 e. The Morgan fingerprint density at radius 1 is 1.27 bits per heavy atom. The van der Waals surface area contributed by atoms with Crippen molar-refractivity contribution in [1.82, 2.24) is 9.88 Å². The summed E-state index contributed by atoms with van der Waals surface area (Å²) in [6.45, 7) is 0.954. The maximum absolute atomic E-state index is 13.3. The molecule has 0 N–H and O–H groups in total. The average Bonchev–Trinajstić information content (AvgIpc) is 3.40. The number of pyridine rings is 1. The molecule has 1 saturated carbocycles. The minimum absolute atomic E-state index is 0.0287. The van der Waals surface area contributed by atoms with Crippen LogP contribution in [0, 0.1) is 17.2 Å². The molecule has 132 valence electrons. The van der Waals surface area contributed by atoms with E-state index in [1.807, 2.05) is 23.1 Å². The molecule has 0 aliphatic heterocycles. The van der Waals surface area contributed by atoms with Crippen LogP contribution in [0.5, 0.6) is 0 Å². The van der Waals surface area contributed by atoms with Crippen LogP contribution in [0.2, 0.25) is 0 Å². The van der Waals surface area contributed by atoms with E-state index in [9.17, 15) is 4.79 Å². The van der Waals surface area contributed by atoms with Gasteiger partial charge in [0.25, 0.3) is 0 Å². The summed E-state index contributed by atoms with van der Waals surface area (Å²) >= 11 is 0. The van der Waals surface area contributed by atoms with Crippen LogP contribution in [-0.4, -0.2) is 22.3 Å². The van der Waals surface area contributed by atoms with Gasteiger partial charge in [-0.25, -0.2) is 0 Å². The summed E-state index contributed by atoms with van der Waals surface area (Å²) in [6, 6.07) is 16.5. The number of carbonyl (C=O) groups is 1. The van der Waals surface area contributed by atoms with Gasteiger partial charge < -0.3 is 4.90 Å². The van der Waals surface area contributed by atoms with Gasteiger partial charge in [-0.05, 0) is 48.9 Å². The molecule has 0 saturated heterocycles. The molecule has 4 heteroatoms. The second-order valence-electron chi connectivity index (χ2n) is 7.41. The fourth-order valence-corrected chi connectivity index (χ4v) is 4.52. The van der Waals surface area contributed by atoms with Gasteiger partial charge in [0.15, 0.2) is 0 Å². The van der Waals surface area contributed by atoms with Gasteiger partial charge in [0.05, 0.1) is 24.7 Å². The van der Waals surface area contributed by atoms with Gasteiger partial charge in [-0.3, -0.25) is 9.78 Å². The quantitative estimate of drug-likeness (QED) is 0.832. The number of rotatable bonds is 5. The van der Waals surface area contributed by atoms with E-state index >= 15 is 0 Å². The van der Waals surface area contributed by atoms with Crippen LogP contribution in [0.4, 0.5) is 0 Å². The number of fused-ring (bicyclic) bond motifs is 2. The molecule has 1 aromatic carbocycles. The molecule has 1 fully saturated rings. The molecule has 26 heavy (non-hydrogen) atoms. The zero-order chi connectivity index (χ0) is 18.0. The summed E-state index contributed by atoms with van der Waals surface area (Å²) in [5.41, 5.74) is 3.68. The number of hydrogen-bond donors (Lipinski definition) is 0. The molecule has 1 aromatic heterocycles. The Kier molecular flexibility index (Phi) is 4.46. The lowest BCUT2D eigenvalue weighted by molar-refractivity contribution is -0.133. The molecule has 2 aromatic rings. The van der Waals surface area contributed by atoms with Crippen molar-refractivity contribution >= 4 is 5.91 Å². The maximum atomic E-state index is 13.3. The van der Waals surface area contributed by atoms with Crippen molar-refractivity contribution < 1.29 is 4.79 Å². The zero-order valence-electron chi connectivity index (χ0n) is 14.9. The molecular formula is C22H23N3O. The standard InChI is InChI=1S/C22H23N3O/c23-12-6-14-25(16-18-9-3-4-13-24-18)21(26)20-15-22(20)11-5-8-17-7-1-2-10-19(17)22/h1-4,7,9-10,13,20H,5-6,8,11,14-16H2/t20-,22-/m0/s1. The highest BCUT2D eigenvalue weighted by Gasteiger charge is 2.60. The zero-order valence-corrected chi connectivity index (χ0v) is 14.9. The van der Waals surface area contributed by atoms with Crippen LogP contribution in [0.1, 0.15) is 42.5 Å². The van der Waals surface area contributed by atoms with Crippen LogP contribution in [-0.2, 0) is 23.2 Å². The third-order valence-corrected chi connectivity index (χ3v) is 5.88. The second kappa shape index (κ2) is 6.92. The van der Waals surface area contributed by atoms with Gasteiger partial charge in [-0.2, -0.15) is 5.26 Å². The Hall–Kier alpha value is -2.67. The van der Waals surface area contributed by atoms with Crippen LogP contribution in [0.3, 0.4) is 0 Å². The average molecular weight is 345 g/mol. The lowest BCUT2D eigenvalue weighted by Gasteiger charge is -2.28. The predicted octanol–water partition coefficient (Wildman–Crippen LogP) is 3.62. The molecule has 4 rings (SSSR count). The molecule has 4 nitrogen and oxygen atoms in total. The molecular weight excluding hydrogens is 322 g/mol. The molecule has 1 spiro atoms. The van der Waals surface area contributed by atoms with Crippen molar-refractivity contribution in [2.45, 2.75) is 44.1 Å². The lowest BCUT2D eigenvalue weighted by Crippen LogP contribution is -2.35. The lowest BCUT2D eigenvalue weighted by atomic mass is 9.78. The van der Waals surface area contributed by atoms with Gasteiger partial charge in [-0.15, -0.1) is 0 Å². The first-order valence-electron chi connectivity index (χ1n) is 9.38. The van der Waals surface area contributed by atoms with Crippen molar-refractivity contribution in [3.63, 3.8) is 0 Å². The normalized spacial score (nSPS) is 23.1. The summed E-state index contributed by atoms with van der Waals surface area (Å²) in [5.74, 6) is 0.231. The molecule has 0 radical (unpaired) electrons. The van der Waals surface area contributed by atoms with Gasteiger partial charge in [-0.1, -0.05) is 30.3 Å². The number of aryl methyl sites for hydroxylation is 1. The smallest absolute Gasteiger partial charge is 0.227 e. The Bertz CT molecular complexity index is 842. The molecule has 2 aliphatic carbocycles. The summed E-state index contributed by atoms with van der Waals surface area (Å²) in [6.07, 6.45) is 6.40. The first-order valence-corrected chi connectivity index (χ1v) is 9.38. The molecule has 1 heterocycles. The topological polar surface area (TPSA) is 57.0 Å². The van der Waals surface area contributed by atoms with Gasteiger partial charge >= 0.3 is 0 Å². The molecule has 2 atom stereocenters. The van der Waals surface area contributed by atoms with Crippen LogP contribution < -0.4 is 0 Å². The number of aromatic nitrogens is 1. The van der Waals surface area contributed by atoms with E-state index < -0.39 is 0 Å². The molecule has 1 amide bonds. The number of benzene rings is 1. The van der Waals surface area contributed by atoms with E-state index in [2.05, 4.69) is 35.3 Å². The number of hydrogen-bond acceptors (Lipinski definition) is 3. The van der Waals surface area contributed by atoms with E-state index in [-0.39, 0.29) is 17.2 Å². The minimum Gasteiger partial charge on any atom is -0.335 e. The van der Waals surface area contributed by atoms with E-state index in [1.54, 1.807) is 6.20 Å². The number of nitrogens with zero attached hydrogens (tertiary/aromatic N) is 3. The van der Waals surface area contributed by atoms with Gasteiger partial charge in [0.1, 0.15) is 0 Å². The Morgan fingerprint density at radius 3 is 2.92 bits per heavy atom. The van der Waals surface area contributed by atoms with Crippen molar-refractivity contribution in [3.05, 3.63) is 65.5 Å². The van der Waals surface area contributed by atoms with Crippen molar-refractivity contribution in [1.29, 1.82) is 5.26 Å². The summed E-state index contributed by atoms with van der Waals surface area (Å²) in [7, 11) is 0. The van der Waals surface area contributed by atoms with Crippen LogP contribution in [0.15, 0.2) is 48.7 Å². The molecule has 0 bridgehead atoms. The fraction of sp³-hybridized carbons (Fsp3) is 0.409. The molecule has 0 unspecified atom stereocenters. The third kappa shape index (κ3) is 2.99. The van der Waals surface area contributed by atoms with E-state index in [1.165, 1.54) is 11.1 Å². The summed E-state index contributed by atoms with van der Waals surface area (Å²) < 4.78 is 0. The minimum atomic E-state index is 0.0287. The Labute approximate surface area is 154 Å². The van der Waals surface area contributed by atoms with Crippen molar-refractivity contribution in [2.75, 3.05) is 6.54 Å². The SMILES string of the molecule is N#CCCN(Cc1ccccn1)C(=O)[C@@H]1C[C@]12CCCc1ccccc12. The monoisotopic (exact) mass is 345 g/mol. The first-order chi connectivity index (χ1) is 12.7. The number of amides is 1. The Morgan fingerprint density at radius 2 is 2.12 bits per heavy atom. The van der Waals surface area contributed by atoms with E-state index in [4.69, 9.17) is 5.26 Å². The number of carbonyl (C=O) groups excluding carboxylic acids is 1. The van der Waals surface area contributed by atoms with Gasteiger partial charge in [0, 0.05) is 24.1 Å². The second-order valence-corrected chi connectivity index (χ2v) is 7.41. The van der Waals surface area contributed by atoms with E-state index in [0.717, 1.165) is 31.4 Å². The van der Waals surface area contributed by atoms with Crippen LogP contribution in [0.25, 0.3) is 0 Å². The summed E-state index contributed by atoms with van der Waals surface area (Å²) in [5, 5.41) is 8.99. The highest BCUT2D eigenvalue weighted by molar-refractivity contribution is 5.84. The van der Waals surface area contributed by atoms with Crippen molar-refractivity contribution in [2.24, 2.45) is 5.92 Å². The largest absolute Gasteiger partial charge is 0.335 e. The molecule has 2 aliphatic rings. The number of nitriles is 1. The summed E-state index contributed by atoms with van der Waals surface area (Å²) in [4.78, 5) is 19.5. The van der Waals surface area contributed by atoms with Gasteiger partial charge in [0.2, 0.25) is 5.91 Å². The predicted molar refractivity (Wildman–Crippen MR) is 99.0 cm³/mol.